The van der Waals surface area contributed by atoms with Crippen molar-refractivity contribution >= 4 is 5.91 Å². The number of nitrogens with zero attached hydrogens (tertiary/aromatic N) is 2. The molecule has 4 aliphatic rings. The maximum absolute atomic E-state index is 13.2. The van der Waals surface area contributed by atoms with Crippen LogP contribution >= 0.6 is 0 Å². The van der Waals surface area contributed by atoms with E-state index in [1.807, 2.05) is 29.2 Å². The smallest absolute Gasteiger partial charge is 0.254 e. The fraction of sp³-hybridized carbons (Fsp3) is 0.409. The quantitative estimate of drug-likeness (QED) is 0.817. The number of piperidine rings is 1. The minimum Gasteiger partial charge on any atom is -0.454 e. The Morgan fingerprint density at radius 3 is 2.68 bits per heavy atom. The van der Waals surface area contributed by atoms with Gasteiger partial charge in [-0.15, -0.1) is 0 Å². The Kier molecular flexibility index (Phi) is 4.43. The van der Waals surface area contributed by atoms with Crippen LogP contribution in [0.25, 0.3) is 0 Å². The van der Waals surface area contributed by atoms with E-state index in [4.69, 9.17) is 9.47 Å². The molecule has 2 aromatic carbocycles. The molecule has 0 unspecified atom stereocenters. The van der Waals surface area contributed by atoms with Crippen LogP contribution in [0.5, 0.6) is 11.5 Å². The highest BCUT2D eigenvalue weighted by molar-refractivity contribution is 5.95. The summed E-state index contributed by atoms with van der Waals surface area (Å²) in [4.78, 5) is 17.7. The van der Waals surface area contributed by atoms with Gasteiger partial charge in [-0.25, -0.2) is 4.39 Å². The third kappa shape index (κ3) is 3.33. The minimum atomic E-state index is -0.208. The van der Waals surface area contributed by atoms with Gasteiger partial charge >= 0.3 is 0 Å². The standard InChI is InChI=1S/C22H23FN2O3/c23-18-5-1-15(2-6-18)10-24-11-16-3-7-19(13-24)25(12-16)22(26)17-4-8-20-21(9-17)28-14-27-20/h1-2,4-6,8-9,16,19H,3,7,10-14H2/t16-,19+/m0/s1. The van der Waals surface area contributed by atoms with Crippen molar-refractivity contribution in [3.05, 3.63) is 59.4 Å². The van der Waals surface area contributed by atoms with Crippen molar-refractivity contribution in [3.8, 4) is 11.5 Å². The second-order valence-corrected chi connectivity index (χ2v) is 7.94. The molecule has 3 saturated heterocycles. The van der Waals surface area contributed by atoms with Gasteiger partial charge in [-0.2, -0.15) is 0 Å². The number of fused-ring (bicyclic) bond motifs is 5. The van der Waals surface area contributed by atoms with Crippen LogP contribution in [0.15, 0.2) is 42.5 Å². The Hall–Kier alpha value is -2.60. The molecular weight excluding hydrogens is 359 g/mol. The summed E-state index contributed by atoms with van der Waals surface area (Å²) in [6.07, 6.45) is 2.18. The average Bonchev–Trinajstić information content (AvgIpc) is 3.01. The van der Waals surface area contributed by atoms with Crippen LogP contribution in [0.4, 0.5) is 4.39 Å². The zero-order valence-corrected chi connectivity index (χ0v) is 15.6. The predicted octanol–water partition coefficient (Wildman–Crippen LogP) is 3.29. The van der Waals surface area contributed by atoms with Crippen LogP contribution in [-0.2, 0) is 6.54 Å². The van der Waals surface area contributed by atoms with Gasteiger partial charge in [0.1, 0.15) is 5.82 Å². The molecule has 5 nitrogen and oxygen atoms in total. The normalized spacial score (nSPS) is 23.7. The zero-order valence-electron chi connectivity index (χ0n) is 15.6. The number of benzene rings is 2. The molecule has 0 spiro atoms. The second kappa shape index (κ2) is 7.09. The number of carbonyl (C=O) groups is 1. The molecule has 0 saturated carbocycles. The maximum atomic E-state index is 13.2. The predicted molar refractivity (Wildman–Crippen MR) is 102 cm³/mol. The van der Waals surface area contributed by atoms with Crippen molar-refractivity contribution in [2.75, 3.05) is 26.4 Å². The molecule has 4 aliphatic heterocycles. The van der Waals surface area contributed by atoms with E-state index in [2.05, 4.69) is 4.90 Å². The molecule has 2 atom stereocenters. The summed E-state index contributed by atoms with van der Waals surface area (Å²) in [5, 5.41) is 0. The number of hydrogen-bond donors (Lipinski definition) is 0. The summed E-state index contributed by atoms with van der Waals surface area (Å²) < 4.78 is 24.0. The lowest BCUT2D eigenvalue weighted by Crippen LogP contribution is -2.47. The molecule has 0 aromatic heterocycles. The van der Waals surface area contributed by atoms with Gasteiger partial charge in [0, 0.05) is 37.8 Å². The van der Waals surface area contributed by atoms with Gasteiger partial charge in [0.25, 0.3) is 5.91 Å². The van der Waals surface area contributed by atoms with E-state index in [-0.39, 0.29) is 24.6 Å². The highest BCUT2D eigenvalue weighted by Gasteiger charge is 2.37. The highest BCUT2D eigenvalue weighted by Crippen LogP contribution is 2.34. The SMILES string of the molecule is O=C(c1ccc2c(c1)OCO2)N1C[C@H]2CC[C@@H]1CN(Cc1ccc(F)cc1)C2. The van der Waals surface area contributed by atoms with Crippen LogP contribution < -0.4 is 9.47 Å². The number of halogens is 1. The molecule has 1 amide bonds. The minimum absolute atomic E-state index is 0.0663. The number of amides is 1. The van der Waals surface area contributed by atoms with Gasteiger partial charge in [-0.3, -0.25) is 9.69 Å². The van der Waals surface area contributed by atoms with Crippen LogP contribution in [0.1, 0.15) is 28.8 Å². The first kappa shape index (κ1) is 17.5. The Morgan fingerprint density at radius 2 is 1.82 bits per heavy atom. The molecule has 0 N–H and O–H groups in total. The molecule has 2 aromatic rings. The van der Waals surface area contributed by atoms with Gasteiger partial charge in [-0.1, -0.05) is 12.1 Å². The second-order valence-electron chi connectivity index (χ2n) is 7.94. The van der Waals surface area contributed by atoms with Crippen LogP contribution in [0.2, 0.25) is 0 Å². The van der Waals surface area contributed by atoms with E-state index in [9.17, 15) is 9.18 Å². The monoisotopic (exact) mass is 382 g/mol. The van der Waals surface area contributed by atoms with Gasteiger partial charge in [0.2, 0.25) is 6.79 Å². The van der Waals surface area contributed by atoms with E-state index in [0.29, 0.717) is 23.0 Å². The average molecular weight is 382 g/mol. The zero-order chi connectivity index (χ0) is 19.1. The molecule has 3 fully saturated rings. The molecule has 0 aliphatic carbocycles. The molecular formula is C22H23FN2O3. The number of hydrogen-bond acceptors (Lipinski definition) is 4. The van der Waals surface area contributed by atoms with E-state index in [1.165, 1.54) is 12.1 Å². The Labute approximate surface area is 163 Å². The first-order chi connectivity index (χ1) is 13.7. The Bertz CT molecular complexity index is 886. The van der Waals surface area contributed by atoms with Crippen LogP contribution in [-0.4, -0.2) is 48.2 Å². The molecule has 146 valence electrons. The summed E-state index contributed by atoms with van der Waals surface area (Å²) in [6, 6.07) is 12.3. The van der Waals surface area contributed by atoms with Crippen molar-refractivity contribution < 1.29 is 18.7 Å². The summed E-state index contributed by atoms with van der Waals surface area (Å²) >= 11 is 0. The van der Waals surface area contributed by atoms with Crippen molar-refractivity contribution in [1.82, 2.24) is 9.80 Å². The van der Waals surface area contributed by atoms with Crippen molar-refractivity contribution in [2.24, 2.45) is 5.92 Å². The number of ether oxygens (including phenoxy) is 2. The number of carbonyl (C=O) groups excluding carboxylic acids is 1. The lowest BCUT2D eigenvalue weighted by molar-refractivity contribution is 0.0584. The molecule has 6 rings (SSSR count). The van der Waals surface area contributed by atoms with Crippen molar-refractivity contribution in [2.45, 2.75) is 25.4 Å². The van der Waals surface area contributed by atoms with Crippen molar-refractivity contribution in [1.29, 1.82) is 0 Å². The molecule has 6 heteroatoms. The fourth-order valence-electron chi connectivity index (χ4n) is 4.60. The number of rotatable bonds is 3. The van der Waals surface area contributed by atoms with Gasteiger partial charge in [0.15, 0.2) is 11.5 Å². The first-order valence-corrected chi connectivity index (χ1v) is 9.83. The van der Waals surface area contributed by atoms with Crippen molar-refractivity contribution in [3.63, 3.8) is 0 Å². The highest BCUT2D eigenvalue weighted by atomic mass is 19.1. The summed E-state index contributed by atoms with van der Waals surface area (Å²) in [5.41, 5.74) is 1.76. The maximum Gasteiger partial charge on any atom is 0.254 e. The summed E-state index contributed by atoms with van der Waals surface area (Å²) in [5.74, 6) is 1.66. The lowest BCUT2D eigenvalue weighted by Gasteiger charge is -2.36. The van der Waals surface area contributed by atoms with E-state index in [1.54, 1.807) is 6.07 Å². The molecule has 4 heterocycles. The third-order valence-corrected chi connectivity index (χ3v) is 5.99. The Morgan fingerprint density at radius 1 is 1.00 bits per heavy atom. The summed E-state index contributed by atoms with van der Waals surface area (Å²) in [7, 11) is 0. The van der Waals surface area contributed by atoms with E-state index < -0.39 is 0 Å². The van der Waals surface area contributed by atoms with Gasteiger partial charge < -0.3 is 14.4 Å². The van der Waals surface area contributed by atoms with E-state index in [0.717, 1.165) is 44.6 Å². The fourth-order valence-corrected chi connectivity index (χ4v) is 4.60. The summed E-state index contributed by atoms with van der Waals surface area (Å²) in [6.45, 7) is 3.61. The van der Waals surface area contributed by atoms with Crippen LogP contribution in [0, 0.1) is 11.7 Å². The topological polar surface area (TPSA) is 42.0 Å². The molecule has 2 bridgehead atoms. The Balaban J connectivity index is 1.32. The molecule has 0 radical (unpaired) electrons. The lowest BCUT2D eigenvalue weighted by atomic mass is 9.94. The van der Waals surface area contributed by atoms with Gasteiger partial charge in [0.05, 0.1) is 0 Å². The van der Waals surface area contributed by atoms with Crippen LogP contribution in [0.3, 0.4) is 0 Å². The largest absolute Gasteiger partial charge is 0.454 e. The third-order valence-electron chi connectivity index (χ3n) is 5.99. The first-order valence-electron chi connectivity index (χ1n) is 9.83. The van der Waals surface area contributed by atoms with Gasteiger partial charge in [-0.05, 0) is 54.7 Å². The molecule has 28 heavy (non-hydrogen) atoms. The van der Waals surface area contributed by atoms with E-state index >= 15 is 0 Å².